The SMILES string of the molecule is COC(=O)c1ccccc1NC(=O)c1sccc1N. The summed E-state index contributed by atoms with van der Waals surface area (Å²) in [5, 5.41) is 4.39. The second-order valence-corrected chi connectivity index (χ2v) is 4.61. The van der Waals surface area contributed by atoms with E-state index in [2.05, 4.69) is 10.1 Å². The van der Waals surface area contributed by atoms with Crippen molar-refractivity contribution in [2.45, 2.75) is 0 Å². The van der Waals surface area contributed by atoms with E-state index in [9.17, 15) is 9.59 Å². The lowest BCUT2D eigenvalue weighted by atomic mass is 10.2. The number of nitrogens with one attached hydrogen (secondary N) is 1. The van der Waals surface area contributed by atoms with Crippen LogP contribution in [0.15, 0.2) is 35.7 Å². The molecule has 0 spiro atoms. The highest BCUT2D eigenvalue weighted by atomic mass is 32.1. The van der Waals surface area contributed by atoms with Crippen molar-refractivity contribution >= 4 is 34.6 Å². The van der Waals surface area contributed by atoms with Crippen LogP contribution in [0.2, 0.25) is 0 Å². The van der Waals surface area contributed by atoms with Crippen LogP contribution in [0, 0.1) is 0 Å². The minimum atomic E-state index is -0.505. The van der Waals surface area contributed by atoms with Crippen molar-refractivity contribution in [2.75, 3.05) is 18.2 Å². The van der Waals surface area contributed by atoms with Gasteiger partial charge in [0.15, 0.2) is 0 Å². The fourth-order valence-corrected chi connectivity index (χ4v) is 2.28. The Hall–Kier alpha value is -2.34. The summed E-state index contributed by atoms with van der Waals surface area (Å²) >= 11 is 1.24. The van der Waals surface area contributed by atoms with E-state index in [1.807, 2.05) is 0 Å². The van der Waals surface area contributed by atoms with Crippen LogP contribution >= 0.6 is 11.3 Å². The molecule has 3 N–H and O–H groups in total. The molecule has 0 fully saturated rings. The maximum Gasteiger partial charge on any atom is 0.339 e. The number of methoxy groups -OCH3 is 1. The van der Waals surface area contributed by atoms with E-state index in [4.69, 9.17) is 5.73 Å². The van der Waals surface area contributed by atoms with E-state index in [1.54, 1.807) is 35.7 Å². The van der Waals surface area contributed by atoms with E-state index in [-0.39, 0.29) is 5.91 Å². The number of para-hydroxylation sites is 1. The molecule has 0 saturated heterocycles. The largest absolute Gasteiger partial charge is 0.465 e. The zero-order valence-electron chi connectivity index (χ0n) is 10.2. The van der Waals surface area contributed by atoms with Crippen molar-refractivity contribution < 1.29 is 14.3 Å². The number of ether oxygens (including phenoxy) is 1. The highest BCUT2D eigenvalue weighted by Gasteiger charge is 2.16. The highest BCUT2D eigenvalue weighted by molar-refractivity contribution is 7.12. The first-order valence-corrected chi connectivity index (χ1v) is 6.33. The maximum absolute atomic E-state index is 12.0. The number of amides is 1. The number of nitrogens with two attached hydrogens (primary N) is 1. The van der Waals surface area contributed by atoms with Gasteiger partial charge in [0.05, 0.1) is 24.0 Å². The molecule has 2 aromatic rings. The van der Waals surface area contributed by atoms with Gasteiger partial charge in [0.2, 0.25) is 0 Å². The zero-order chi connectivity index (χ0) is 13.8. The lowest BCUT2D eigenvalue weighted by molar-refractivity contribution is 0.0602. The first kappa shape index (κ1) is 13.1. The third kappa shape index (κ3) is 2.74. The van der Waals surface area contributed by atoms with Crippen molar-refractivity contribution in [1.29, 1.82) is 0 Å². The third-order valence-electron chi connectivity index (χ3n) is 2.48. The number of carbonyl (C=O) groups excluding carboxylic acids is 2. The molecule has 5 nitrogen and oxygen atoms in total. The lowest BCUT2D eigenvalue weighted by Crippen LogP contribution is -2.15. The van der Waals surface area contributed by atoms with Crippen LogP contribution in [0.4, 0.5) is 11.4 Å². The number of nitrogen functional groups attached to an aromatic ring is 1. The molecule has 1 aromatic carbocycles. The normalized spacial score (nSPS) is 9.95. The summed E-state index contributed by atoms with van der Waals surface area (Å²) < 4.78 is 4.66. The van der Waals surface area contributed by atoms with Gasteiger partial charge in [-0.2, -0.15) is 0 Å². The van der Waals surface area contributed by atoms with Crippen molar-refractivity contribution in [1.82, 2.24) is 0 Å². The second-order valence-electron chi connectivity index (χ2n) is 3.70. The number of carbonyl (C=O) groups is 2. The summed E-state index contributed by atoms with van der Waals surface area (Å²) in [6.45, 7) is 0. The number of hydrogen-bond acceptors (Lipinski definition) is 5. The van der Waals surface area contributed by atoms with E-state index in [0.29, 0.717) is 21.8 Å². The van der Waals surface area contributed by atoms with Gasteiger partial charge >= 0.3 is 5.97 Å². The molecule has 0 atom stereocenters. The fourth-order valence-electron chi connectivity index (χ4n) is 1.56. The maximum atomic E-state index is 12.0. The topological polar surface area (TPSA) is 81.4 Å². The van der Waals surface area contributed by atoms with Gasteiger partial charge in [-0.1, -0.05) is 12.1 Å². The molecule has 0 aliphatic heterocycles. The molecule has 2 rings (SSSR count). The number of benzene rings is 1. The Balaban J connectivity index is 2.27. The first-order valence-electron chi connectivity index (χ1n) is 5.45. The Morgan fingerprint density at radius 2 is 2.00 bits per heavy atom. The molecule has 6 heteroatoms. The van der Waals surface area contributed by atoms with Crippen LogP contribution in [0.25, 0.3) is 0 Å². The van der Waals surface area contributed by atoms with Gasteiger partial charge in [-0.25, -0.2) is 4.79 Å². The number of rotatable bonds is 3. The van der Waals surface area contributed by atoms with E-state index >= 15 is 0 Å². The summed E-state index contributed by atoms with van der Waals surface area (Å²) in [7, 11) is 1.29. The van der Waals surface area contributed by atoms with Gasteiger partial charge in [-0.3, -0.25) is 4.79 Å². The molecule has 0 saturated carbocycles. The van der Waals surface area contributed by atoms with Crippen molar-refractivity contribution in [3.63, 3.8) is 0 Å². The molecule has 0 radical (unpaired) electrons. The summed E-state index contributed by atoms with van der Waals surface area (Å²) in [5.74, 6) is -0.848. The number of anilines is 2. The van der Waals surface area contributed by atoms with Crippen LogP contribution in [-0.2, 0) is 4.74 Å². The quantitative estimate of drug-likeness (QED) is 0.843. The predicted molar refractivity (Wildman–Crippen MR) is 74.5 cm³/mol. The van der Waals surface area contributed by atoms with Crippen LogP contribution in [0.5, 0.6) is 0 Å². The van der Waals surface area contributed by atoms with E-state index in [0.717, 1.165) is 0 Å². The van der Waals surface area contributed by atoms with E-state index in [1.165, 1.54) is 18.4 Å². The van der Waals surface area contributed by atoms with Gasteiger partial charge < -0.3 is 15.8 Å². The summed E-state index contributed by atoms with van der Waals surface area (Å²) in [5.41, 5.74) is 6.79. The Bertz CT molecular complexity index is 622. The Labute approximate surface area is 114 Å². The van der Waals surface area contributed by atoms with Gasteiger partial charge in [0, 0.05) is 0 Å². The average Bonchev–Trinajstić information content (AvgIpc) is 2.85. The first-order chi connectivity index (χ1) is 9.13. The Morgan fingerprint density at radius 3 is 2.63 bits per heavy atom. The minimum Gasteiger partial charge on any atom is -0.465 e. The predicted octanol–water partition coefficient (Wildman–Crippen LogP) is 2.37. The Kier molecular flexibility index (Phi) is 3.82. The highest BCUT2D eigenvalue weighted by Crippen LogP contribution is 2.22. The van der Waals surface area contributed by atoms with Gasteiger partial charge in [0.25, 0.3) is 5.91 Å². The smallest absolute Gasteiger partial charge is 0.339 e. The zero-order valence-corrected chi connectivity index (χ0v) is 11.0. The van der Waals surface area contributed by atoms with Crippen molar-refractivity contribution in [2.24, 2.45) is 0 Å². The number of esters is 1. The lowest BCUT2D eigenvalue weighted by Gasteiger charge is -2.09. The fraction of sp³-hybridized carbons (Fsp3) is 0.0769. The number of thiophene rings is 1. The van der Waals surface area contributed by atoms with Crippen molar-refractivity contribution in [3.05, 3.63) is 46.2 Å². The van der Waals surface area contributed by atoms with Gasteiger partial charge in [-0.05, 0) is 23.6 Å². The molecular formula is C13H12N2O3S. The van der Waals surface area contributed by atoms with Crippen molar-refractivity contribution in [3.8, 4) is 0 Å². The minimum absolute atomic E-state index is 0.300. The molecule has 0 aliphatic carbocycles. The average molecular weight is 276 g/mol. The van der Waals surface area contributed by atoms with Gasteiger partial charge in [-0.15, -0.1) is 11.3 Å². The molecular weight excluding hydrogens is 264 g/mol. The second kappa shape index (κ2) is 5.53. The Morgan fingerprint density at radius 1 is 1.26 bits per heavy atom. The summed E-state index contributed by atoms with van der Waals surface area (Å²) in [4.78, 5) is 24.0. The van der Waals surface area contributed by atoms with Crippen LogP contribution < -0.4 is 11.1 Å². The molecule has 19 heavy (non-hydrogen) atoms. The molecule has 0 aliphatic rings. The van der Waals surface area contributed by atoms with Crippen LogP contribution in [0.3, 0.4) is 0 Å². The summed E-state index contributed by atoms with van der Waals surface area (Å²) in [6, 6.07) is 8.29. The molecule has 1 heterocycles. The number of hydrogen-bond donors (Lipinski definition) is 2. The third-order valence-corrected chi connectivity index (χ3v) is 3.41. The van der Waals surface area contributed by atoms with Crippen LogP contribution in [0.1, 0.15) is 20.0 Å². The molecule has 1 aromatic heterocycles. The van der Waals surface area contributed by atoms with E-state index < -0.39 is 5.97 Å². The van der Waals surface area contributed by atoms with Crippen LogP contribution in [-0.4, -0.2) is 19.0 Å². The molecule has 98 valence electrons. The monoisotopic (exact) mass is 276 g/mol. The molecule has 0 bridgehead atoms. The van der Waals surface area contributed by atoms with Gasteiger partial charge in [0.1, 0.15) is 4.88 Å². The molecule has 0 unspecified atom stereocenters. The molecule has 1 amide bonds. The standard InChI is InChI=1S/C13H12N2O3S/c1-18-13(17)8-4-2-3-5-10(8)15-12(16)11-9(14)6-7-19-11/h2-7H,14H2,1H3,(H,15,16). The summed E-state index contributed by atoms with van der Waals surface area (Å²) in [6.07, 6.45) is 0.